The van der Waals surface area contributed by atoms with Gasteiger partial charge in [0.2, 0.25) is 5.91 Å². The van der Waals surface area contributed by atoms with Crippen molar-refractivity contribution in [3.8, 4) is 0 Å². The number of aromatic nitrogens is 3. The van der Waals surface area contributed by atoms with Crippen LogP contribution in [0.3, 0.4) is 0 Å². The van der Waals surface area contributed by atoms with E-state index in [1.807, 2.05) is 0 Å². The summed E-state index contributed by atoms with van der Waals surface area (Å²) in [6.45, 7) is -1.89. The third-order valence-corrected chi connectivity index (χ3v) is 2.12. The molecule has 0 saturated carbocycles. The van der Waals surface area contributed by atoms with E-state index in [-0.39, 0.29) is 12.1 Å². The van der Waals surface area contributed by atoms with Crippen LogP contribution in [0.4, 0.5) is 13.2 Å². The number of alkyl halides is 3. The van der Waals surface area contributed by atoms with Crippen LogP contribution >= 0.6 is 0 Å². The van der Waals surface area contributed by atoms with E-state index in [0.29, 0.717) is 0 Å². The molecule has 1 aromatic rings. The van der Waals surface area contributed by atoms with Crippen LogP contribution in [0.15, 0.2) is 6.20 Å². The Bertz CT molecular complexity index is 487. The Hall–Kier alpha value is -2.17. The minimum absolute atomic E-state index is 0.0977. The first-order valence-corrected chi connectivity index (χ1v) is 5.38. The van der Waals surface area contributed by atoms with Crippen molar-refractivity contribution < 1.29 is 27.9 Å². The van der Waals surface area contributed by atoms with Crippen LogP contribution in [-0.4, -0.2) is 50.7 Å². The molecule has 4 N–H and O–H groups in total. The van der Waals surface area contributed by atoms with Gasteiger partial charge in [-0.25, -0.2) is 4.68 Å². The Balaban J connectivity index is 2.47. The van der Waals surface area contributed by atoms with Gasteiger partial charge in [-0.2, -0.15) is 13.2 Å². The molecule has 1 unspecified atom stereocenters. The van der Waals surface area contributed by atoms with Crippen molar-refractivity contribution in [2.45, 2.75) is 25.2 Å². The Morgan fingerprint density at radius 2 is 2.15 bits per heavy atom. The lowest BCUT2D eigenvalue weighted by atomic mass is 10.2. The predicted octanol–water partition coefficient (Wildman–Crippen LogP) is -1.09. The highest BCUT2D eigenvalue weighted by atomic mass is 19.4. The van der Waals surface area contributed by atoms with Gasteiger partial charge in [0, 0.05) is 12.6 Å². The van der Waals surface area contributed by atoms with Crippen LogP contribution in [0.5, 0.6) is 0 Å². The summed E-state index contributed by atoms with van der Waals surface area (Å²) in [4.78, 5) is 21.7. The first-order chi connectivity index (χ1) is 9.17. The van der Waals surface area contributed by atoms with E-state index in [0.717, 1.165) is 4.68 Å². The lowest BCUT2D eigenvalue weighted by molar-refractivity contribution is -0.138. The van der Waals surface area contributed by atoms with Crippen molar-refractivity contribution in [3.63, 3.8) is 0 Å². The molecule has 0 spiro atoms. The van der Waals surface area contributed by atoms with Gasteiger partial charge in [0.25, 0.3) is 0 Å². The molecular formula is C9H12F3N5O3. The molecule has 1 rings (SSSR count). The molecular weight excluding hydrogens is 283 g/mol. The zero-order valence-electron chi connectivity index (χ0n) is 10.1. The largest absolute Gasteiger partial charge is 0.480 e. The number of carboxylic acids is 1. The minimum Gasteiger partial charge on any atom is -0.480 e. The van der Waals surface area contributed by atoms with Gasteiger partial charge in [-0.1, -0.05) is 5.21 Å². The van der Waals surface area contributed by atoms with Crippen molar-refractivity contribution in [2.24, 2.45) is 5.73 Å². The SMILES string of the molecule is NC(Cc1cn(CC(=O)NCC(F)(F)F)nn1)C(=O)O. The molecule has 1 aromatic heterocycles. The van der Waals surface area contributed by atoms with Crippen LogP contribution in [0.1, 0.15) is 5.69 Å². The second kappa shape index (κ2) is 6.32. The van der Waals surface area contributed by atoms with Gasteiger partial charge in [0.05, 0.1) is 5.69 Å². The van der Waals surface area contributed by atoms with Crippen molar-refractivity contribution in [1.82, 2.24) is 20.3 Å². The molecule has 1 amide bonds. The number of hydrogen-bond donors (Lipinski definition) is 3. The maximum absolute atomic E-state index is 11.9. The van der Waals surface area contributed by atoms with E-state index >= 15 is 0 Å². The normalized spacial score (nSPS) is 13.0. The highest BCUT2D eigenvalue weighted by Gasteiger charge is 2.27. The molecule has 8 nitrogen and oxygen atoms in total. The molecule has 1 atom stereocenters. The van der Waals surface area contributed by atoms with Crippen LogP contribution in [0.2, 0.25) is 0 Å². The highest BCUT2D eigenvalue weighted by Crippen LogP contribution is 2.12. The smallest absolute Gasteiger partial charge is 0.405 e. The standard InChI is InChI=1S/C9H12F3N5O3/c10-9(11,12)4-14-7(18)3-17-2-5(15-16-17)1-6(13)8(19)20/h2,6H,1,3-4,13H2,(H,14,18)(H,19,20). The molecule has 0 radical (unpaired) electrons. The number of carboxylic acid groups (broad SMARTS) is 1. The maximum atomic E-state index is 11.9. The van der Waals surface area contributed by atoms with Gasteiger partial charge >= 0.3 is 12.1 Å². The second-order valence-corrected chi connectivity index (χ2v) is 3.95. The molecule has 20 heavy (non-hydrogen) atoms. The van der Waals surface area contributed by atoms with E-state index < -0.39 is 37.2 Å². The number of hydrogen-bond acceptors (Lipinski definition) is 5. The van der Waals surface area contributed by atoms with Crippen LogP contribution in [0.25, 0.3) is 0 Å². The Labute approximate surface area is 110 Å². The number of nitrogens with two attached hydrogens (primary N) is 1. The summed E-state index contributed by atoms with van der Waals surface area (Å²) in [6.07, 6.45) is -3.34. The van der Waals surface area contributed by atoms with Gasteiger partial charge in [-0.05, 0) is 0 Å². The quantitative estimate of drug-likeness (QED) is 0.613. The van der Waals surface area contributed by atoms with Crippen LogP contribution < -0.4 is 11.1 Å². The molecule has 112 valence electrons. The lowest BCUT2D eigenvalue weighted by Crippen LogP contribution is -2.35. The number of carbonyl (C=O) groups is 2. The third-order valence-electron chi connectivity index (χ3n) is 2.12. The van der Waals surface area contributed by atoms with Gasteiger partial charge in [0.15, 0.2) is 0 Å². The Morgan fingerprint density at radius 3 is 2.70 bits per heavy atom. The fraction of sp³-hybridized carbons (Fsp3) is 0.556. The van der Waals surface area contributed by atoms with Gasteiger partial charge in [0.1, 0.15) is 19.1 Å². The zero-order valence-corrected chi connectivity index (χ0v) is 10.1. The van der Waals surface area contributed by atoms with Crippen LogP contribution in [0, 0.1) is 0 Å². The number of nitrogens with one attached hydrogen (secondary N) is 1. The summed E-state index contributed by atoms with van der Waals surface area (Å²) in [5.41, 5.74) is 5.50. The number of nitrogens with zero attached hydrogens (tertiary/aromatic N) is 3. The molecule has 0 aliphatic carbocycles. The zero-order chi connectivity index (χ0) is 15.3. The number of aliphatic carboxylic acids is 1. The Morgan fingerprint density at radius 1 is 1.50 bits per heavy atom. The van der Waals surface area contributed by atoms with Crippen LogP contribution in [-0.2, 0) is 22.6 Å². The first-order valence-electron chi connectivity index (χ1n) is 5.38. The van der Waals surface area contributed by atoms with Gasteiger partial charge in [-0.3, -0.25) is 9.59 Å². The fourth-order valence-electron chi connectivity index (χ4n) is 1.22. The number of carbonyl (C=O) groups excluding carboxylic acids is 1. The predicted molar refractivity (Wildman–Crippen MR) is 58.4 cm³/mol. The van der Waals surface area contributed by atoms with Crippen molar-refractivity contribution in [2.75, 3.05) is 6.54 Å². The number of rotatable bonds is 6. The van der Waals surface area contributed by atoms with E-state index in [1.165, 1.54) is 6.20 Å². The van der Waals surface area contributed by atoms with Gasteiger partial charge < -0.3 is 16.2 Å². The maximum Gasteiger partial charge on any atom is 0.405 e. The second-order valence-electron chi connectivity index (χ2n) is 3.95. The highest BCUT2D eigenvalue weighted by molar-refractivity contribution is 5.75. The topological polar surface area (TPSA) is 123 Å². The van der Waals surface area contributed by atoms with E-state index in [2.05, 4.69) is 10.3 Å². The molecule has 0 saturated heterocycles. The third kappa shape index (κ3) is 5.65. The first kappa shape index (κ1) is 15.9. The van der Waals surface area contributed by atoms with E-state index in [9.17, 15) is 22.8 Å². The van der Waals surface area contributed by atoms with Crippen molar-refractivity contribution in [1.29, 1.82) is 0 Å². The summed E-state index contributed by atoms with van der Waals surface area (Å²) < 4.78 is 36.6. The summed E-state index contributed by atoms with van der Waals surface area (Å²) in [6, 6.07) is -1.17. The average Bonchev–Trinajstić information content (AvgIpc) is 2.73. The van der Waals surface area contributed by atoms with E-state index in [1.54, 1.807) is 5.32 Å². The molecule has 0 bridgehead atoms. The molecule has 1 heterocycles. The van der Waals surface area contributed by atoms with Crippen molar-refractivity contribution in [3.05, 3.63) is 11.9 Å². The average molecular weight is 295 g/mol. The molecule has 11 heteroatoms. The van der Waals surface area contributed by atoms with E-state index in [4.69, 9.17) is 10.8 Å². The fourth-order valence-corrected chi connectivity index (χ4v) is 1.22. The summed E-state index contributed by atoms with van der Waals surface area (Å²) in [7, 11) is 0. The number of halogens is 3. The molecule has 0 fully saturated rings. The summed E-state index contributed by atoms with van der Waals surface area (Å²) >= 11 is 0. The van der Waals surface area contributed by atoms with Gasteiger partial charge in [-0.15, -0.1) is 5.10 Å². The Kier molecular flexibility index (Phi) is 5.02. The lowest BCUT2D eigenvalue weighted by Gasteiger charge is -2.07. The minimum atomic E-state index is -4.49. The van der Waals surface area contributed by atoms with Crippen molar-refractivity contribution >= 4 is 11.9 Å². The summed E-state index contributed by atoms with van der Waals surface area (Å²) in [5.74, 6) is -2.11. The molecule has 0 aliphatic rings. The number of amides is 1. The molecule has 0 aromatic carbocycles. The monoisotopic (exact) mass is 295 g/mol. The molecule has 0 aliphatic heterocycles. The summed E-state index contributed by atoms with van der Waals surface area (Å²) in [5, 5.41) is 17.3.